The first-order valence-electron chi connectivity index (χ1n) is 12.4. The van der Waals surface area contributed by atoms with Gasteiger partial charge in [-0.05, 0) is 19.3 Å². The second-order valence-electron chi connectivity index (χ2n) is 8.03. The highest BCUT2D eigenvalue weighted by Gasteiger charge is 2.44. The fourth-order valence-corrected chi connectivity index (χ4v) is 5.94. The zero-order chi connectivity index (χ0) is 21.8. The third kappa shape index (κ3) is 12.0. The molecule has 0 aromatic rings. The Bertz CT molecular complexity index is 486. The minimum atomic E-state index is -2.94. The second-order valence-corrected chi connectivity index (χ2v) is 10.6. The lowest BCUT2D eigenvalue weighted by Gasteiger charge is -2.31. The van der Waals surface area contributed by atoms with E-state index in [1.54, 1.807) is 0 Å². The van der Waals surface area contributed by atoms with Crippen LogP contribution in [0.5, 0.6) is 0 Å². The Hall–Kier alpha value is -0.943. The van der Waals surface area contributed by atoms with Gasteiger partial charge in [-0.2, -0.15) is 0 Å². The summed E-state index contributed by atoms with van der Waals surface area (Å²) >= 11 is 0. The number of hydrogen-bond donors (Lipinski definition) is 0. The van der Waals surface area contributed by atoms with Crippen molar-refractivity contribution in [2.24, 2.45) is 0 Å². The zero-order valence-corrected chi connectivity index (χ0v) is 20.9. The second kappa shape index (κ2) is 18.8. The molecule has 0 radical (unpaired) electrons. The fraction of sp³-hybridized carbons (Fsp3) is 0.692. The quantitative estimate of drug-likeness (QED) is 0.153. The van der Waals surface area contributed by atoms with E-state index < -0.39 is 8.80 Å². The van der Waals surface area contributed by atoms with Crippen LogP contribution in [0.1, 0.15) is 97.8 Å². The minimum Gasteiger partial charge on any atom is -0.370 e. The molecule has 30 heavy (non-hydrogen) atoms. The Kier molecular flexibility index (Phi) is 17.0. The molecule has 4 heteroatoms. The van der Waals surface area contributed by atoms with Gasteiger partial charge in [-0.15, -0.1) is 0 Å². The molecule has 1 rings (SSSR count). The van der Waals surface area contributed by atoms with Crippen molar-refractivity contribution >= 4 is 8.80 Å². The molecule has 1 aliphatic rings. The van der Waals surface area contributed by atoms with Crippen LogP contribution in [0.3, 0.4) is 0 Å². The summed E-state index contributed by atoms with van der Waals surface area (Å²) in [6, 6.07) is 0. The number of rotatable bonds is 19. The first kappa shape index (κ1) is 27.1. The summed E-state index contributed by atoms with van der Waals surface area (Å²) in [4.78, 5) is 0. The van der Waals surface area contributed by atoms with Crippen molar-refractivity contribution in [1.29, 1.82) is 0 Å². The standard InChI is InChI=1S/C26H46O3Si/c1-4-7-10-18-23-27-30(28-24-19-11-8-5-2,29-25-20-12-9-6-3)26-21-16-14-13-15-17-22-26/h13-17,21-22H,4-12,18-20,23-25H2,1-3H3/b14-13-,15-13?,16-14?,17-15-,21-16?,22-17?,26-21?,26-22?. The van der Waals surface area contributed by atoms with E-state index in [9.17, 15) is 0 Å². The maximum atomic E-state index is 6.54. The molecule has 0 aliphatic heterocycles. The largest absolute Gasteiger partial charge is 0.537 e. The Morgan fingerprint density at radius 2 is 0.967 bits per heavy atom. The summed E-state index contributed by atoms with van der Waals surface area (Å²) in [6.45, 7) is 8.84. The van der Waals surface area contributed by atoms with E-state index in [4.69, 9.17) is 13.3 Å². The lowest BCUT2D eigenvalue weighted by Crippen LogP contribution is -2.48. The van der Waals surface area contributed by atoms with Gasteiger partial charge >= 0.3 is 8.80 Å². The van der Waals surface area contributed by atoms with Crippen LogP contribution < -0.4 is 0 Å². The van der Waals surface area contributed by atoms with Crippen LogP contribution in [-0.4, -0.2) is 28.6 Å². The van der Waals surface area contributed by atoms with E-state index in [0.29, 0.717) is 19.8 Å². The molecule has 0 bridgehead atoms. The van der Waals surface area contributed by atoms with Gasteiger partial charge < -0.3 is 13.3 Å². The molecule has 0 unspecified atom stereocenters. The maximum absolute atomic E-state index is 6.54. The SMILES string of the molecule is CCCCCCO[Si](OCCCCCC)(OCCCCCC)C1=C/C=C\C=C/C=C1. The Morgan fingerprint density at radius 3 is 1.43 bits per heavy atom. The van der Waals surface area contributed by atoms with Crippen LogP contribution in [0.2, 0.25) is 0 Å². The number of unbranched alkanes of at least 4 members (excludes halogenated alkanes) is 9. The molecule has 0 amide bonds. The Balaban J connectivity index is 2.90. The van der Waals surface area contributed by atoms with Gasteiger partial charge in [-0.1, -0.05) is 121 Å². The predicted molar refractivity (Wildman–Crippen MR) is 132 cm³/mol. The monoisotopic (exact) mass is 434 g/mol. The van der Waals surface area contributed by atoms with Crippen LogP contribution in [-0.2, 0) is 13.3 Å². The van der Waals surface area contributed by atoms with E-state index in [1.165, 1.54) is 57.8 Å². The summed E-state index contributed by atoms with van der Waals surface area (Å²) in [5, 5.41) is 1.07. The van der Waals surface area contributed by atoms with Gasteiger partial charge in [-0.25, -0.2) is 0 Å². The van der Waals surface area contributed by atoms with E-state index >= 15 is 0 Å². The molecule has 0 atom stereocenters. The van der Waals surface area contributed by atoms with Gasteiger partial charge in [-0.3, -0.25) is 0 Å². The summed E-state index contributed by atoms with van der Waals surface area (Å²) in [7, 11) is -2.94. The van der Waals surface area contributed by atoms with Crippen molar-refractivity contribution in [1.82, 2.24) is 0 Å². The van der Waals surface area contributed by atoms with Crippen molar-refractivity contribution in [3.8, 4) is 0 Å². The molecular formula is C26H46O3Si. The molecule has 0 fully saturated rings. The molecule has 1 aliphatic carbocycles. The first-order valence-corrected chi connectivity index (χ1v) is 14.2. The van der Waals surface area contributed by atoms with Gasteiger partial charge in [0.25, 0.3) is 0 Å². The predicted octanol–water partition coefficient (Wildman–Crippen LogP) is 7.86. The van der Waals surface area contributed by atoms with Crippen LogP contribution in [0.15, 0.2) is 47.7 Å². The molecule has 0 spiro atoms. The molecule has 0 saturated carbocycles. The van der Waals surface area contributed by atoms with Crippen molar-refractivity contribution in [2.45, 2.75) is 97.8 Å². The molecule has 0 N–H and O–H groups in total. The molecule has 172 valence electrons. The third-order valence-electron chi connectivity index (χ3n) is 5.22. The highest BCUT2D eigenvalue weighted by molar-refractivity contribution is 6.69. The van der Waals surface area contributed by atoms with E-state index in [2.05, 4.69) is 45.1 Å². The van der Waals surface area contributed by atoms with Crippen LogP contribution >= 0.6 is 0 Å². The number of allylic oxidation sites excluding steroid dienone is 8. The average molecular weight is 435 g/mol. The van der Waals surface area contributed by atoms with E-state index in [-0.39, 0.29) is 0 Å². The van der Waals surface area contributed by atoms with Gasteiger partial charge in [0.15, 0.2) is 0 Å². The summed E-state index contributed by atoms with van der Waals surface area (Å²) in [6.07, 6.45) is 28.8. The van der Waals surface area contributed by atoms with Crippen molar-refractivity contribution in [2.75, 3.05) is 19.8 Å². The highest BCUT2D eigenvalue weighted by Crippen LogP contribution is 2.25. The molecule has 0 heterocycles. The smallest absolute Gasteiger partial charge is 0.370 e. The van der Waals surface area contributed by atoms with E-state index in [0.717, 1.165) is 24.5 Å². The molecule has 0 aromatic carbocycles. The fourth-order valence-electron chi connectivity index (χ4n) is 3.35. The minimum absolute atomic E-state index is 0.709. The number of hydrogen-bond acceptors (Lipinski definition) is 3. The lowest BCUT2D eigenvalue weighted by molar-refractivity contribution is 0.0650. The summed E-state index contributed by atoms with van der Waals surface area (Å²) < 4.78 is 19.6. The van der Waals surface area contributed by atoms with Gasteiger partial charge in [0, 0.05) is 25.0 Å². The first-order chi connectivity index (χ1) is 14.8. The Morgan fingerprint density at radius 1 is 0.533 bits per heavy atom. The zero-order valence-electron chi connectivity index (χ0n) is 19.9. The highest BCUT2D eigenvalue weighted by atomic mass is 28.4. The molecular weight excluding hydrogens is 388 g/mol. The van der Waals surface area contributed by atoms with Crippen molar-refractivity contribution in [3.05, 3.63) is 47.7 Å². The molecule has 0 aromatic heterocycles. The normalized spacial score (nSPS) is 16.2. The van der Waals surface area contributed by atoms with Crippen molar-refractivity contribution < 1.29 is 13.3 Å². The van der Waals surface area contributed by atoms with Crippen LogP contribution in [0.25, 0.3) is 0 Å². The van der Waals surface area contributed by atoms with Gasteiger partial charge in [0.05, 0.1) is 0 Å². The van der Waals surface area contributed by atoms with Crippen LogP contribution in [0, 0.1) is 0 Å². The lowest BCUT2D eigenvalue weighted by atomic mass is 10.2. The maximum Gasteiger partial charge on any atom is 0.537 e. The van der Waals surface area contributed by atoms with E-state index in [1.807, 2.05) is 18.2 Å². The summed E-state index contributed by atoms with van der Waals surface area (Å²) in [5.74, 6) is 0. The molecule has 0 saturated heterocycles. The third-order valence-corrected chi connectivity index (χ3v) is 8.01. The van der Waals surface area contributed by atoms with Gasteiger partial charge in [0.2, 0.25) is 0 Å². The Labute approximate surface area is 187 Å². The average Bonchev–Trinajstić information content (AvgIpc) is 2.72. The van der Waals surface area contributed by atoms with Gasteiger partial charge in [0.1, 0.15) is 0 Å². The van der Waals surface area contributed by atoms with Crippen molar-refractivity contribution in [3.63, 3.8) is 0 Å². The van der Waals surface area contributed by atoms with Crippen LogP contribution in [0.4, 0.5) is 0 Å². The summed E-state index contributed by atoms with van der Waals surface area (Å²) in [5.41, 5.74) is 0. The topological polar surface area (TPSA) is 27.7 Å². The molecule has 3 nitrogen and oxygen atoms in total.